The van der Waals surface area contributed by atoms with Crippen molar-refractivity contribution in [2.45, 2.75) is 39.3 Å². The standard InChI is InChI=1S/C24H34N4O3S/c1-17-5-6-18(2)22-21(17)14-19(23(29)26-22)16-28(8-7-27-9-12-30-13-10-27)24(32)25-15-20-4-3-11-31-20/h5-6,14,20H,3-4,7-13,15-16H2,1-2H3,(H,25,32)(H,26,29)/t20-/m0/s1. The van der Waals surface area contributed by atoms with Crippen LogP contribution in [0.5, 0.6) is 0 Å². The number of hydrogen-bond acceptors (Lipinski definition) is 5. The molecule has 2 fully saturated rings. The minimum Gasteiger partial charge on any atom is -0.379 e. The molecule has 0 spiro atoms. The number of fused-ring (bicyclic) bond motifs is 1. The van der Waals surface area contributed by atoms with E-state index in [4.69, 9.17) is 21.7 Å². The lowest BCUT2D eigenvalue weighted by atomic mass is 10.0. The number of ether oxygens (including phenoxy) is 2. The van der Waals surface area contributed by atoms with Crippen molar-refractivity contribution >= 4 is 28.2 Å². The molecule has 0 radical (unpaired) electrons. The smallest absolute Gasteiger partial charge is 0.253 e. The van der Waals surface area contributed by atoms with Crippen LogP contribution in [0.2, 0.25) is 0 Å². The highest BCUT2D eigenvalue weighted by molar-refractivity contribution is 7.80. The predicted octanol–water partition coefficient (Wildman–Crippen LogP) is 2.33. The van der Waals surface area contributed by atoms with E-state index in [0.717, 1.165) is 86.4 Å². The number of aryl methyl sites for hydroxylation is 2. The Morgan fingerprint density at radius 3 is 2.78 bits per heavy atom. The van der Waals surface area contributed by atoms with E-state index in [-0.39, 0.29) is 11.7 Å². The number of aromatic nitrogens is 1. The van der Waals surface area contributed by atoms with E-state index in [2.05, 4.69) is 33.1 Å². The van der Waals surface area contributed by atoms with Crippen molar-refractivity contribution in [3.8, 4) is 0 Å². The summed E-state index contributed by atoms with van der Waals surface area (Å²) in [6.07, 6.45) is 2.38. The van der Waals surface area contributed by atoms with E-state index >= 15 is 0 Å². The van der Waals surface area contributed by atoms with Gasteiger partial charge in [-0.1, -0.05) is 12.1 Å². The van der Waals surface area contributed by atoms with Gasteiger partial charge in [0.2, 0.25) is 0 Å². The molecule has 0 unspecified atom stereocenters. The Bertz CT molecular complexity index is 997. The second kappa shape index (κ2) is 10.7. The molecule has 0 amide bonds. The number of rotatable bonds is 7. The van der Waals surface area contributed by atoms with Crippen LogP contribution in [0.3, 0.4) is 0 Å². The predicted molar refractivity (Wildman–Crippen MR) is 131 cm³/mol. The van der Waals surface area contributed by atoms with Gasteiger partial charge in [-0.15, -0.1) is 0 Å². The number of pyridine rings is 1. The molecule has 7 nitrogen and oxygen atoms in total. The van der Waals surface area contributed by atoms with Crippen LogP contribution in [0.1, 0.15) is 29.5 Å². The van der Waals surface area contributed by atoms with Gasteiger partial charge in [-0.05, 0) is 56.1 Å². The Balaban J connectivity index is 1.51. The van der Waals surface area contributed by atoms with E-state index in [0.29, 0.717) is 18.2 Å². The average molecular weight is 459 g/mol. The van der Waals surface area contributed by atoms with Crippen molar-refractivity contribution in [1.82, 2.24) is 20.1 Å². The maximum Gasteiger partial charge on any atom is 0.253 e. The lowest BCUT2D eigenvalue weighted by Crippen LogP contribution is -2.47. The molecular formula is C24H34N4O3S. The summed E-state index contributed by atoms with van der Waals surface area (Å²) < 4.78 is 11.2. The van der Waals surface area contributed by atoms with Crippen LogP contribution in [0, 0.1) is 13.8 Å². The molecule has 3 heterocycles. The van der Waals surface area contributed by atoms with Gasteiger partial charge in [0.1, 0.15) is 0 Å². The summed E-state index contributed by atoms with van der Waals surface area (Å²) in [6.45, 7) is 11.1. The normalized spacial score (nSPS) is 19.4. The van der Waals surface area contributed by atoms with Gasteiger partial charge >= 0.3 is 0 Å². The number of morpholine rings is 1. The van der Waals surface area contributed by atoms with Gasteiger partial charge in [0, 0.05) is 50.3 Å². The van der Waals surface area contributed by atoms with Crippen molar-refractivity contribution in [3.05, 3.63) is 45.2 Å². The van der Waals surface area contributed by atoms with Crippen molar-refractivity contribution in [2.75, 3.05) is 52.5 Å². The quantitative estimate of drug-likeness (QED) is 0.617. The topological polar surface area (TPSA) is 69.8 Å². The average Bonchev–Trinajstić information content (AvgIpc) is 3.32. The lowest BCUT2D eigenvalue weighted by molar-refractivity contribution is 0.0356. The second-order valence-electron chi connectivity index (χ2n) is 8.81. The van der Waals surface area contributed by atoms with Crippen molar-refractivity contribution in [2.24, 2.45) is 0 Å². The van der Waals surface area contributed by atoms with Crippen LogP contribution in [0.15, 0.2) is 23.0 Å². The van der Waals surface area contributed by atoms with Gasteiger partial charge < -0.3 is 24.7 Å². The Labute approximate surface area is 195 Å². The van der Waals surface area contributed by atoms with E-state index < -0.39 is 0 Å². The first-order chi connectivity index (χ1) is 15.5. The first kappa shape index (κ1) is 23.2. The highest BCUT2D eigenvalue weighted by atomic mass is 32.1. The van der Waals surface area contributed by atoms with Gasteiger partial charge in [-0.3, -0.25) is 9.69 Å². The molecule has 2 aliphatic rings. The number of H-pyrrole nitrogens is 1. The van der Waals surface area contributed by atoms with Gasteiger partial charge in [-0.25, -0.2) is 0 Å². The zero-order chi connectivity index (χ0) is 22.5. The summed E-state index contributed by atoms with van der Waals surface area (Å²) in [4.78, 5) is 20.5. The highest BCUT2D eigenvalue weighted by Gasteiger charge is 2.20. The molecule has 1 aromatic heterocycles. The molecule has 0 aliphatic carbocycles. The summed E-state index contributed by atoms with van der Waals surface area (Å²) in [5.41, 5.74) is 3.82. The molecule has 2 N–H and O–H groups in total. The zero-order valence-corrected chi connectivity index (χ0v) is 19.9. The van der Waals surface area contributed by atoms with Crippen LogP contribution in [0.25, 0.3) is 10.9 Å². The molecular weight excluding hydrogens is 424 g/mol. The third-order valence-corrected chi connectivity index (χ3v) is 6.87. The number of aromatic amines is 1. The summed E-state index contributed by atoms with van der Waals surface area (Å²) in [5.74, 6) is 0. The molecule has 1 atom stereocenters. The van der Waals surface area contributed by atoms with Gasteiger partial charge in [0.15, 0.2) is 5.11 Å². The van der Waals surface area contributed by atoms with E-state index in [1.165, 1.54) is 0 Å². The molecule has 1 aromatic carbocycles. The Hall–Kier alpha value is -2.00. The monoisotopic (exact) mass is 458 g/mol. The SMILES string of the molecule is Cc1ccc(C)c2[nH]c(=O)c(CN(CCN3CCOCC3)C(=S)NC[C@@H]3CCCO3)cc12. The third kappa shape index (κ3) is 5.67. The maximum atomic E-state index is 12.9. The molecule has 0 bridgehead atoms. The minimum atomic E-state index is -0.0514. The van der Waals surface area contributed by atoms with Gasteiger partial charge in [0.05, 0.1) is 31.4 Å². The molecule has 174 valence electrons. The molecule has 2 aromatic rings. The first-order valence-corrected chi connectivity index (χ1v) is 12.0. The van der Waals surface area contributed by atoms with Crippen molar-refractivity contribution in [1.29, 1.82) is 0 Å². The summed E-state index contributed by atoms with van der Waals surface area (Å²) in [5, 5.41) is 5.15. The lowest BCUT2D eigenvalue weighted by Gasteiger charge is -2.31. The van der Waals surface area contributed by atoms with Crippen molar-refractivity contribution in [3.63, 3.8) is 0 Å². The Morgan fingerprint density at radius 2 is 2.03 bits per heavy atom. The molecule has 0 saturated carbocycles. The van der Waals surface area contributed by atoms with Crippen LogP contribution >= 0.6 is 12.2 Å². The molecule has 2 saturated heterocycles. The van der Waals surface area contributed by atoms with Crippen molar-refractivity contribution < 1.29 is 9.47 Å². The Kier molecular flexibility index (Phi) is 7.78. The fourth-order valence-corrected chi connectivity index (χ4v) is 4.64. The Morgan fingerprint density at radius 1 is 1.25 bits per heavy atom. The molecule has 2 aliphatic heterocycles. The summed E-state index contributed by atoms with van der Waals surface area (Å²) in [7, 11) is 0. The van der Waals surface area contributed by atoms with Crippen LogP contribution < -0.4 is 10.9 Å². The van der Waals surface area contributed by atoms with E-state index in [9.17, 15) is 4.79 Å². The highest BCUT2D eigenvalue weighted by Crippen LogP contribution is 2.20. The molecule has 32 heavy (non-hydrogen) atoms. The van der Waals surface area contributed by atoms with E-state index in [1.54, 1.807) is 0 Å². The number of thiocarbonyl (C=S) groups is 1. The second-order valence-corrected chi connectivity index (χ2v) is 9.20. The summed E-state index contributed by atoms with van der Waals surface area (Å²) in [6, 6.07) is 6.18. The number of hydrogen-bond donors (Lipinski definition) is 2. The zero-order valence-electron chi connectivity index (χ0n) is 19.1. The van der Waals surface area contributed by atoms with Gasteiger partial charge in [0.25, 0.3) is 5.56 Å². The summed E-state index contributed by atoms with van der Waals surface area (Å²) >= 11 is 5.77. The number of nitrogens with one attached hydrogen (secondary N) is 2. The fraction of sp³-hybridized carbons (Fsp3) is 0.583. The number of nitrogens with zero attached hydrogens (tertiary/aromatic N) is 2. The number of benzene rings is 1. The maximum absolute atomic E-state index is 12.9. The van der Waals surface area contributed by atoms with Gasteiger partial charge in [-0.2, -0.15) is 0 Å². The molecule has 4 rings (SSSR count). The molecule has 8 heteroatoms. The minimum absolute atomic E-state index is 0.0514. The van der Waals surface area contributed by atoms with Crippen LogP contribution in [-0.4, -0.2) is 78.5 Å². The van der Waals surface area contributed by atoms with Crippen LogP contribution in [-0.2, 0) is 16.0 Å². The van der Waals surface area contributed by atoms with E-state index in [1.807, 2.05) is 19.1 Å². The third-order valence-electron chi connectivity index (χ3n) is 6.46. The first-order valence-electron chi connectivity index (χ1n) is 11.6. The largest absolute Gasteiger partial charge is 0.379 e. The fourth-order valence-electron chi connectivity index (χ4n) is 4.40. The van der Waals surface area contributed by atoms with Crippen LogP contribution in [0.4, 0.5) is 0 Å².